The summed E-state index contributed by atoms with van der Waals surface area (Å²) in [5, 5.41) is 10.3. The highest BCUT2D eigenvalue weighted by Gasteiger charge is 2.23. The normalized spacial score (nSPS) is 10.6. The van der Waals surface area contributed by atoms with Gasteiger partial charge >= 0.3 is 0 Å². The summed E-state index contributed by atoms with van der Waals surface area (Å²) in [6.07, 6.45) is 0. The van der Waals surface area contributed by atoms with E-state index in [-0.39, 0.29) is 0 Å². The Hall–Kier alpha value is -2.07. The van der Waals surface area contributed by atoms with E-state index < -0.39 is 0 Å². The van der Waals surface area contributed by atoms with Gasteiger partial charge in [0.2, 0.25) is 0 Å². The number of ether oxygens (including phenoxy) is 2. The molecule has 8 heteroatoms. The average molecular weight is 453 g/mol. The minimum absolute atomic E-state index is 0.311. The van der Waals surface area contributed by atoms with Crippen molar-refractivity contribution in [2.45, 2.75) is 5.33 Å². The predicted octanol–water partition coefficient (Wildman–Crippen LogP) is 5.39. The zero-order valence-electron chi connectivity index (χ0n) is 13.8. The maximum absolute atomic E-state index is 9.31. The number of alkyl halides is 1. The van der Waals surface area contributed by atoms with Crippen LogP contribution in [-0.2, 0) is 5.33 Å². The van der Waals surface area contributed by atoms with Crippen molar-refractivity contribution in [3.8, 4) is 28.8 Å². The van der Waals surface area contributed by atoms with Gasteiger partial charge in [0.1, 0.15) is 23.1 Å². The predicted molar refractivity (Wildman–Crippen MR) is 105 cm³/mol. The molecule has 1 heterocycles. The van der Waals surface area contributed by atoms with Gasteiger partial charge in [0.25, 0.3) is 0 Å². The molecule has 0 aliphatic rings. The Labute approximate surface area is 168 Å². The first-order chi connectivity index (χ1) is 12.5. The van der Waals surface area contributed by atoms with E-state index in [0.29, 0.717) is 60.4 Å². The summed E-state index contributed by atoms with van der Waals surface area (Å²) in [5.41, 5.74) is 3.10. The number of methoxy groups -OCH3 is 2. The number of halogens is 3. The number of rotatable bonds is 4. The smallest absolute Gasteiger partial charge is 0.141 e. The Morgan fingerprint density at radius 1 is 1.12 bits per heavy atom. The fourth-order valence-electron chi connectivity index (χ4n) is 2.59. The van der Waals surface area contributed by atoms with E-state index in [1.807, 2.05) is 0 Å². The van der Waals surface area contributed by atoms with Crippen molar-refractivity contribution in [1.82, 2.24) is 9.97 Å². The molecule has 0 saturated carbocycles. The van der Waals surface area contributed by atoms with Gasteiger partial charge in [-0.25, -0.2) is 9.97 Å². The number of nitrogens with zero attached hydrogens (tertiary/aromatic N) is 3. The Bertz CT molecular complexity index is 1020. The molecule has 0 atom stereocenters. The van der Waals surface area contributed by atoms with Crippen LogP contribution in [0.1, 0.15) is 11.3 Å². The molecule has 0 amide bonds. The van der Waals surface area contributed by atoms with Gasteiger partial charge in [0.05, 0.1) is 46.7 Å². The molecule has 2 aromatic carbocycles. The van der Waals surface area contributed by atoms with E-state index in [0.717, 1.165) is 0 Å². The van der Waals surface area contributed by atoms with E-state index >= 15 is 0 Å². The Morgan fingerprint density at radius 2 is 1.77 bits per heavy atom. The van der Waals surface area contributed by atoms with Crippen molar-refractivity contribution < 1.29 is 9.47 Å². The molecule has 1 aromatic heterocycles. The van der Waals surface area contributed by atoms with Gasteiger partial charge in [-0.2, -0.15) is 5.26 Å². The maximum Gasteiger partial charge on any atom is 0.141 e. The molecule has 0 saturated heterocycles. The SMILES string of the molecule is COc1cc(OC)c(Cl)c(-c2nc3cccc(C#N)c3nc2CBr)c1Cl. The van der Waals surface area contributed by atoms with Crippen LogP contribution in [0.5, 0.6) is 11.5 Å². The van der Waals surface area contributed by atoms with Crippen LogP contribution >= 0.6 is 39.1 Å². The van der Waals surface area contributed by atoms with Gasteiger partial charge in [-0.1, -0.05) is 45.2 Å². The number of para-hydroxylation sites is 1. The average Bonchev–Trinajstić information content (AvgIpc) is 2.67. The first kappa shape index (κ1) is 18.7. The number of fused-ring (bicyclic) bond motifs is 1. The summed E-state index contributed by atoms with van der Waals surface area (Å²) in [6, 6.07) is 8.98. The highest BCUT2D eigenvalue weighted by atomic mass is 79.9. The molecular weight excluding hydrogens is 441 g/mol. The van der Waals surface area contributed by atoms with Crippen molar-refractivity contribution in [1.29, 1.82) is 5.26 Å². The summed E-state index contributed by atoms with van der Waals surface area (Å²) in [6.45, 7) is 0. The molecule has 0 bridgehead atoms. The molecule has 0 aliphatic carbocycles. The fraction of sp³-hybridized carbons (Fsp3) is 0.167. The number of benzene rings is 2. The summed E-state index contributed by atoms with van der Waals surface area (Å²) >= 11 is 16.5. The van der Waals surface area contributed by atoms with E-state index in [1.165, 1.54) is 14.2 Å². The lowest BCUT2D eigenvalue weighted by molar-refractivity contribution is 0.395. The second-order valence-electron chi connectivity index (χ2n) is 5.22. The number of hydrogen-bond donors (Lipinski definition) is 0. The summed E-state index contributed by atoms with van der Waals surface area (Å²) in [4.78, 5) is 9.28. The van der Waals surface area contributed by atoms with E-state index in [9.17, 15) is 5.26 Å². The lowest BCUT2D eigenvalue weighted by Crippen LogP contribution is -2.01. The van der Waals surface area contributed by atoms with Gasteiger partial charge in [0.15, 0.2) is 0 Å². The van der Waals surface area contributed by atoms with Crippen LogP contribution in [0, 0.1) is 11.3 Å². The standard InChI is InChI=1S/C18H12BrCl2N3O2/c1-25-12-6-13(26-2)16(21)14(15(12)20)18-11(7-19)24-17-9(8-22)4-3-5-10(17)23-18/h3-6H,7H2,1-2H3. The molecule has 0 N–H and O–H groups in total. The third kappa shape index (κ3) is 3.07. The molecule has 0 spiro atoms. The van der Waals surface area contributed by atoms with Crippen molar-refractivity contribution in [3.63, 3.8) is 0 Å². The molecule has 0 unspecified atom stereocenters. The van der Waals surface area contributed by atoms with Crippen molar-refractivity contribution in [2.75, 3.05) is 14.2 Å². The van der Waals surface area contributed by atoms with Gasteiger partial charge in [-0.05, 0) is 12.1 Å². The zero-order chi connectivity index (χ0) is 18.8. The Kier molecular flexibility index (Phi) is 5.52. The van der Waals surface area contributed by atoms with Crippen molar-refractivity contribution >= 4 is 50.2 Å². The molecule has 3 rings (SSSR count). The van der Waals surface area contributed by atoms with Crippen molar-refractivity contribution in [2.24, 2.45) is 0 Å². The topological polar surface area (TPSA) is 68.0 Å². The summed E-state index contributed by atoms with van der Waals surface area (Å²) < 4.78 is 10.7. The molecule has 0 radical (unpaired) electrons. The van der Waals surface area contributed by atoms with Crippen molar-refractivity contribution in [3.05, 3.63) is 45.6 Å². The van der Waals surface area contributed by atoms with E-state index in [4.69, 9.17) is 32.7 Å². The van der Waals surface area contributed by atoms with Gasteiger partial charge in [-0.3, -0.25) is 0 Å². The minimum Gasteiger partial charge on any atom is -0.495 e. The first-order valence-corrected chi connectivity index (χ1v) is 9.29. The molecule has 3 aromatic rings. The van der Waals surface area contributed by atoms with Crippen LogP contribution in [0.2, 0.25) is 10.0 Å². The minimum atomic E-state index is 0.311. The summed E-state index contributed by atoms with van der Waals surface area (Å²) in [5.74, 6) is 0.826. The number of hydrogen-bond acceptors (Lipinski definition) is 5. The molecule has 0 aliphatic heterocycles. The van der Waals surface area contributed by atoms with Gasteiger partial charge in [-0.15, -0.1) is 0 Å². The largest absolute Gasteiger partial charge is 0.495 e. The second-order valence-corrected chi connectivity index (χ2v) is 6.54. The molecule has 5 nitrogen and oxygen atoms in total. The van der Waals surface area contributed by atoms with E-state index in [1.54, 1.807) is 24.3 Å². The molecule has 132 valence electrons. The highest BCUT2D eigenvalue weighted by molar-refractivity contribution is 9.08. The third-order valence-corrected chi connectivity index (χ3v) is 5.11. The third-order valence-electron chi connectivity index (χ3n) is 3.82. The van der Waals surface area contributed by atoms with Crippen LogP contribution in [0.3, 0.4) is 0 Å². The van der Waals surface area contributed by atoms with Crippen LogP contribution < -0.4 is 9.47 Å². The van der Waals surface area contributed by atoms with Gasteiger partial charge < -0.3 is 9.47 Å². The lowest BCUT2D eigenvalue weighted by Gasteiger charge is -2.16. The Balaban J connectivity index is 2.41. The first-order valence-electron chi connectivity index (χ1n) is 7.41. The van der Waals surface area contributed by atoms with Crippen LogP contribution in [-0.4, -0.2) is 24.2 Å². The number of nitriles is 1. The second kappa shape index (κ2) is 7.67. The zero-order valence-corrected chi connectivity index (χ0v) is 16.9. The van der Waals surface area contributed by atoms with E-state index in [2.05, 4.69) is 32.0 Å². The lowest BCUT2D eigenvalue weighted by atomic mass is 10.1. The monoisotopic (exact) mass is 451 g/mol. The van der Waals surface area contributed by atoms with Crippen LogP contribution in [0.25, 0.3) is 22.3 Å². The summed E-state index contributed by atoms with van der Waals surface area (Å²) in [7, 11) is 3.02. The quantitative estimate of drug-likeness (QED) is 0.496. The maximum atomic E-state index is 9.31. The molecule has 0 fully saturated rings. The Morgan fingerprint density at radius 3 is 2.31 bits per heavy atom. The van der Waals surface area contributed by atoms with Gasteiger partial charge in [0, 0.05) is 17.0 Å². The highest BCUT2D eigenvalue weighted by Crippen LogP contribution is 2.46. The molecular formula is C18H12BrCl2N3O2. The van der Waals surface area contributed by atoms with Crippen LogP contribution in [0.15, 0.2) is 24.3 Å². The fourth-order valence-corrected chi connectivity index (χ4v) is 3.66. The van der Waals surface area contributed by atoms with Crippen LogP contribution in [0.4, 0.5) is 0 Å². The molecule has 26 heavy (non-hydrogen) atoms. The number of aromatic nitrogens is 2.